The van der Waals surface area contributed by atoms with Crippen molar-refractivity contribution in [2.45, 2.75) is 114 Å². The van der Waals surface area contributed by atoms with Crippen molar-refractivity contribution in [2.75, 3.05) is 0 Å². The summed E-state index contributed by atoms with van der Waals surface area (Å²) in [6.07, 6.45) is 0. The summed E-state index contributed by atoms with van der Waals surface area (Å²) in [7, 11) is -4.16. The molecule has 2 unspecified atom stereocenters. The van der Waals surface area contributed by atoms with Crippen LogP contribution in [0.15, 0.2) is 82.6 Å². The van der Waals surface area contributed by atoms with Crippen molar-refractivity contribution in [1.29, 1.82) is 0 Å². The fraction of sp³-hybridized carbons (Fsp3) is 0.450. The highest BCUT2D eigenvalue weighted by Crippen LogP contribution is 2.42. The van der Waals surface area contributed by atoms with Crippen LogP contribution in [0.3, 0.4) is 0 Å². The lowest BCUT2D eigenvalue weighted by Gasteiger charge is -2.40. The number of rotatable bonds is 5. The maximum atomic E-state index is 2.61. The lowest BCUT2D eigenvalue weighted by Crippen LogP contribution is -2.70. The predicted octanol–water partition coefficient (Wildman–Crippen LogP) is 8.76. The fourth-order valence-corrected chi connectivity index (χ4v) is 14.1. The molecule has 0 bridgehead atoms. The first-order valence-electron chi connectivity index (χ1n) is 15.9. The molecule has 3 aromatic rings. The van der Waals surface area contributed by atoms with Crippen LogP contribution in [0, 0.1) is 19.8 Å². The van der Waals surface area contributed by atoms with E-state index >= 15 is 0 Å². The summed E-state index contributed by atoms with van der Waals surface area (Å²) in [6, 6.07) is 25.2. The van der Waals surface area contributed by atoms with Crippen molar-refractivity contribution in [3.05, 3.63) is 105 Å². The molecule has 0 aliphatic heterocycles. The van der Waals surface area contributed by atoms with Gasteiger partial charge in [-0.1, -0.05) is 161 Å². The lowest BCUT2D eigenvalue weighted by atomic mass is 9.81. The third-order valence-electron chi connectivity index (χ3n) is 9.98. The standard InChI is InChI=1S/C40H56Si2/c1-26-20-27(2)22-36(21-26)42(38-30(5)28(3)29(4)31(38)6,35-18-16-34(17-19-35)41(13,14)15)37-24-32(39(7,8)9)23-33(25-37)40(10,11)12/h16-25,30H,1-15H3. The second-order valence-corrected chi connectivity index (χ2v) is 25.2. The van der Waals surface area contributed by atoms with E-state index in [9.17, 15) is 0 Å². The van der Waals surface area contributed by atoms with Crippen LogP contribution in [0.25, 0.3) is 0 Å². The van der Waals surface area contributed by atoms with Gasteiger partial charge in [-0.25, -0.2) is 0 Å². The number of hydrogen-bond donors (Lipinski definition) is 0. The van der Waals surface area contributed by atoms with Gasteiger partial charge in [-0.2, -0.15) is 0 Å². The Balaban J connectivity index is 2.30. The highest BCUT2D eigenvalue weighted by molar-refractivity contribution is 7.16. The van der Waals surface area contributed by atoms with Crippen molar-refractivity contribution in [3.8, 4) is 0 Å². The highest BCUT2D eigenvalue weighted by Gasteiger charge is 2.49. The van der Waals surface area contributed by atoms with E-state index in [0.717, 1.165) is 0 Å². The van der Waals surface area contributed by atoms with Crippen LogP contribution in [0.4, 0.5) is 0 Å². The van der Waals surface area contributed by atoms with Crippen LogP contribution in [-0.4, -0.2) is 16.1 Å². The molecule has 3 aromatic carbocycles. The molecule has 1 aliphatic rings. The van der Waals surface area contributed by atoms with Gasteiger partial charge in [-0.3, -0.25) is 0 Å². The highest BCUT2D eigenvalue weighted by atomic mass is 28.3. The summed E-state index contributed by atoms with van der Waals surface area (Å²) in [5, 5.41) is 7.78. The minimum Gasteiger partial charge on any atom is -0.0656 e. The first kappa shape index (κ1) is 32.5. The van der Waals surface area contributed by atoms with Crippen LogP contribution >= 0.6 is 0 Å². The summed E-state index contributed by atoms with van der Waals surface area (Å²) in [4.78, 5) is 0. The average Bonchev–Trinajstić information content (AvgIpc) is 3.06. The maximum Gasteiger partial charge on any atom is 0.176 e. The Bertz CT molecular complexity index is 1510. The fourth-order valence-electron chi connectivity index (χ4n) is 7.06. The molecule has 42 heavy (non-hydrogen) atoms. The van der Waals surface area contributed by atoms with Crippen LogP contribution in [0.2, 0.25) is 19.6 Å². The molecule has 0 nitrogen and oxygen atoms in total. The molecule has 0 saturated heterocycles. The Morgan fingerprint density at radius 3 is 1.33 bits per heavy atom. The quantitative estimate of drug-likeness (QED) is 0.205. The van der Waals surface area contributed by atoms with Gasteiger partial charge in [0.2, 0.25) is 0 Å². The van der Waals surface area contributed by atoms with Crippen LogP contribution < -0.4 is 20.7 Å². The van der Waals surface area contributed by atoms with Gasteiger partial charge >= 0.3 is 0 Å². The molecule has 0 heterocycles. The normalized spacial score (nSPS) is 18.1. The van der Waals surface area contributed by atoms with Crippen molar-refractivity contribution < 1.29 is 0 Å². The van der Waals surface area contributed by atoms with Gasteiger partial charge < -0.3 is 0 Å². The van der Waals surface area contributed by atoms with E-state index in [1.807, 2.05) is 0 Å². The van der Waals surface area contributed by atoms with Crippen LogP contribution in [0.1, 0.15) is 91.5 Å². The molecule has 224 valence electrons. The van der Waals surface area contributed by atoms with E-state index in [0.29, 0.717) is 5.92 Å². The molecule has 0 aromatic heterocycles. The van der Waals surface area contributed by atoms with Gasteiger partial charge in [0.1, 0.15) is 0 Å². The predicted molar refractivity (Wildman–Crippen MR) is 194 cm³/mol. The van der Waals surface area contributed by atoms with Crippen molar-refractivity contribution in [2.24, 2.45) is 5.92 Å². The molecular weight excluding hydrogens is 537 g/mol. The number of allylic oxidation sites excluding steroid dienone is 4. The van der Waals surface area contributed by atoms with Gasteiger partial charge in [0.05, 0.1) is 8.07 Å². The zero-order valence-electron chi connectivity index (χ0n) is 29.4. The molecule has 0 fully saturated rings. The van der Waals surface area contributed by atoms with Crippen molar-refractivity contribution in [3.63, 3.8) is 0 Å². The second kappa shape index (κ2) is 10.9. The number of aryl methyl sites for hydroxylation is 2. The molecule has 4 rings (SSSR count). The van der Waals surface area contributed by atoms with E-state index in [1.165, 1.54) is 59.7 Å². The largest absolute Gasteiger partial charge is 0.176 e. The lowest BCUT2D eigenvalue weighted by molar-refractivity contribution is 0.569. The minimum atomic E-state index is -2.71. The Morgan fingerprint density at radius 1 is 0.524 bits per heavy atom. The average molecular weight is 593 g/mol. The zero-order valence-corrected chi connectivity index (χ0v) is 31.4. The van der Waals surface area contributed by atoms with Gasteiger partial charge in [0.15, 0.2) is 8.07 Å². The molecule has 2 heteroatoms. The van der Waals surface area contributed by atoms with Gasteiger partial charge in [-0.05, 0) is 83.6 Å². The Kier molecular flexibility index (Phi) is 8.46. The molecule has 0 amide bonds. The molecule has 0 spiro atoms. The van der Waals surface area contributed by atoms with Gasteiger partial charge in [0.25, 0.3) is 0 Å². The summed E-state index contributed by atoms with van der Waals surface area (Å²) in [5.74, 6) is 0.408. The van der Waals surface area contributed by atoms with E-state index in [-0.39, 0.29) is 10.8 Å². The minimum absolute atomic E-state index is 0.0508. The van der Waals surface area contributed by atoms with Crippen molar-refractivity contribution in [1.82, 2.24) is 0 Å². The van der Waals surface area contributed by atoms with Crippen LogP contribution in [0.5, 0.6) is 0 Å². The first-order valence-corrected chi connectivity index (χ1v) is 21.4. The van der Waals surface area contributed by atoms with Gasteiger partial charge in [0, 0.05) is 0 Å². The Hall–Kier alpha value is -2.43. The summed E-state index contributed by atoms with van der Waals surface area (Å²) in [6.45, 7) is 35.8. The zero-order chi connectivity index (χ0) is 31.6. The topological polar surface area (TPSA) is 0 Å². The summed E-state index contributed by atoms with van der Waals surface area (Å²) >= 11 is 0. The van der Waals surface area contributed by atoms with E-state index in [1.54, 1.807) is 5.20 Å². The second-order valence-electron chi connectivity index (χ2n) is 16.3. The molecule has 1 aliphatic carbocycles. The molecule has 0 saturated carbocycles. The monoisotopic (exact) mass is 592 g/mol. The maximum absolute atomic E-state index is 2.71. The number of benzene rings is 3. The smallest absolute Gasteiger partial charge is 0.0656 e. The summed E-state index contributed by atoms with van der Waals surface area (Å²) < 4.78 is 0. The Labute approximate surface area is 260 Å². The SMILES string of the molecule is CC1=C(C)C(C)C([Si](c2ccc([Si](C)(C)C)cc2)(c2cc(C)cc(C)c2)c2cc(C(C)(C)C)cc(C(C)(C)C)c2)=C1C. The van der Waals surface area contributed by atoms with E-state index in [2.05, 4.69) is 163 Å². The first-order chi connectivity index (χ1) is 19.2. The van der Waals surface area contributed by atoms with E-state index in [4.69, 9.17) is 0 Å². The molecule has 0 N–H and O–H groups in total. The third-order valence-corrected chi connectivity index (χ3v) is 17.2. The molecule has 0 radical (unpaired) electrons. The summed E-state index contributed by atoms with van der Waals surface area (Å²) in [5.41, 5.74) is 10.2. The van der Waals surface area contributed by atoms with Crippen molar-refractivity contribution >= 4 is 36.9 Å². The molecular formula is C40H56Si2. The van der Waals surface area contributed by atoms with E-state index < -0.39 is 16.1 Å². The van der Waals surface area contributed by atoms with Gasteiger partial charge in [-0.15, -0.1) is 0 Å². The number of hydrogen-bond acceptors (Lipinski definition) is 0. The third kappa shape index (κ3) is 5.74. The molecule has 2 atom stereocenters. The Morgan fingerprint density at radius 2 is 0.952 bits per heavy atom. The van der Waals surface area contributed by atoms with Crippen LogP contribution in [-0.2, 0) is 10.8 Å².